The molecule has 0 saturated carbocycles. The zero-order valence-corrected chi connectivity index (χ0v) is 12.8. The zero-order valence-electron chi connectivity index (χ0n) is 12.0. The van der Waals surface area contributed by atoms with E-state index in [9.17, 15) is 0 Å². The highest BCUT2D eigenvalue weighted by atomic mass is 32.2. The number of nitrogens with zero attached hydrogens (tertiary/aromatic N) is 2. The van der Waals surface area contributed by atoms with E-state index in [1.54, 1.807) is 0 Å². The van der Waals surface area contributed by atoms with Gasteiger partial charge < -0.3 is 9.88 Å². The molecule has 3 fully saturated rings. The van der Waals surface area contributed by atoms with Crippen molar-refractivity contribution in [2.24, 2.45) is 11.8 Å². The molecule has 3 aliphatic rings. The first-order valence-electron chi connectivity index (χ1n) is 7.70. The number of hydrogen-bond donors (Lipinski definition) is 1. The minimum atomic E-state index is 0.742. The summed E-state index contributed by atoms with van der Waals surface area (Å²) in [6.07, 6.45) is 4.87. The lowest BCUT2D eigenvalue weighted by Crippen LogP contribution is -2.48. The maximum absolute atomic E-state index is 9.06. The van der Waals surface area contributed by atoms with Crippen molar-refractivity contribution >= 4 is 22.7 Å². The molecule has 5 rings (SSSR count). The van der Waals surface area contributed by atoms with Crippen LogP contribution in [0, 0.1) is 23.2 Å². The molecule has 0 unspecified atom stereocenters. The third kappa shape index (κ3) is 2.45. The normalized spacial score (nSPS) is 27.9. The Morgan fingerprint density at radius 3 is 2.90 bits per heavy atom. The quantitative estimate of drug-likeness (QED) is 0.882. The van der Waals surface area contributed by atoms with Crippen molar-refractivity contribution < 1.29 is 0 Å². The van der Waals surface area contributed by atoms with Gasteiger partial charge in [-0.1, -0.05) is 0 Å². The number of benzene rings is 1. The predicted octanol–water partition coefficient (Wildman–Crippen LogP) is 3.47. The van der Waals surface area contributed by atoms with Crippen LogP contribution in [-0.4, -0.2) is 35.3 Å². The minimum Gasteiger partial charge on any atom is -0.360 e. The second-order valence-electron chi connectivity index (χ2n) is 6.23. The summed E-state index contributed by atoms with van der Waals surface area (Å²) in [5.41, 5.74) is 1.87. The Bertz CT molecular complexity index is 692. The summed E-state index contributed by atoms with van der Waals surface area (Å²) in [5, 5.41) is 10.3. The van der Waals surface area contributed by atoms with Crippen molar-refractivity contribution in [1.29, 1.82) is 5.26 Å². The van der Waals surface area contributed by atoms with Gasteiger partial charge in [-0.25, -0.2) is 0 Å². The summed E-state index contributed by atoms with van der Waals surface area (Å²) in [6.45, 7) is 3.90. The van der Waals surface area contributed by atoms with Gasteiger partial charge in [0, 0.05) is 34.3 Å². The molecule has 1 aromatic carbocycles. The number of aromatic amines is 1. The van der Waals surface area contributed by atoms with Crippen LogP contribution in [-0.2, 0) is 0 Å². The number of fused-ring (bicyclic) bond motifs is 4. The highest BCUT2D eigenvalue weighted by molar-refractivity contribution is 7.99. The molecular weight excluding hydrogens is 278 g/mol. The van der Waals surface area contributed by atoms with E-state index in [-0.39, 0.29) is 0 Å². The second kappa shape index (κ2) is 5.40. The number of nitriles is 1. The van der Waals surface area contributed by atoms with Crippen molar-refractivity contribution in [3.8, 4) is 6.07 Å². The Kier molecular flexibility index (Phi) is 3.40. The van der Waals surface area contributed by atoms with Crippen molar-refractivity contribution in [1.82, 2.24) is 9.88 Å². The average Bonchev–Trinajstić information content (AvgIpc) is 2.96. The van der Waals surface area contributed by atoms with E-state index in [0.29, 0.717) is 0 Å². The highest BCUT2D eigenvalue weighted by Crippen LogP contribution is 2.37. The van der Waals surface area contributed by atoms with E-state index in [0.717, 1.165) is 22.9 Å². The fourth-order valence-corrected chi connectivity index (χ4v) is 5.00. The number of H-pyrrole nitrogens is 1. The molecule has 21 heavy (non-hydrogen) atoms. The molecule has 2 bridgehead atoms. The first-order valence-corrected chi connectivity index (χ1v) is 8.68. The molecule has 4 heteroatoms. The monoisotopic (exact) mass is 297 g/mol. The molecule has 0 aliphatic carbocycles. The topological polar surface area (TPSA) is 42.8 Å². The van der Waals surface area contributed by atoms with Gasteiger partial charge in [-0.2, -0.15) is 5.26 Å². The Hall–Kier alpha value is -1.44. The molecule has 4 heterocycles. The number of nitrogens with one attached hydrogen (secondary N) is 1. The number of rotatable bonds is 3. The zero-order chi connectivity index (χ0) is 14.2. The minimum absolute atomic E-state index is 0.742. The van der Waals surface area contributed by atoms with Gasteiger partial charge in [0.25, 0.3) is 0 Å². The third-order valence-corrected chi connectivity index (χ3v) is 6.26. The standard InChI is InChI=1S/C17H19N3S/c18-8-12-1-2-16-15(7-12)17(9-19-16)21-11-14-10-20-5-3-13(14)4-6-20/h1-2,7,9,13-14,19H,3-6,10-11H2/t14-/m0/s1. The molecular formula is C17H19N3S. The van der Waals surface area contributed by atoms with E-state index >= 15 is 0 Å². The molecule has 0 spiro atoms. The number of aromatic nitrogens is 1. The summed E-state index contributed by atoms with van der Waals surface area (Å²) < 4.78 is 0. The summed E-state index contributed by atoms with van der Waals surface area (Å²) >= 11 is 1.95. The SMILES string of the molecule is N#Cc1ccc2[nH]cc(SC[C@@H]3CN4CCC3CC4)c2c1. The van der Waals surface area contributed by atoms with Crippen LogP contribution in [0.2, 0.25) is 0 Å². The lowest BCUT2D eigenvalue weighted by atomic mass is 9.80. The first-order chi connectivity index (χ1) is 10.3. The van der Waals surface area contributed by atoms with Gasteiger partial charge in [0.2, 0.25) is 0 Å². The summed E-state index contributed by atoms with van der Waals surface area (Å²) in [4.78, 5) is 7.23. The smallest absolute Gasteiger partial charge is 0.0991 e. The second-order valence-corrected chi connectivity index (χ2v) is 7.30. The molecule has 108 valence electrons. The van der Waals surface area contributed by atoms with E-state index in [1.165, 1.54) is 48.5 Å². The fourth-order valence-electron chi connectivity index (χ4n) is 3.76. The maximum Gasteiger partial charge on any atom is 0.0991 e. The molecule has 1 atom stereocenters. The van der Waals surface area contributed by atoms with Gasteiger partial charge in [0.05, 0.1) is 11.6 Å². The van der Waals surface area contributed by atoms with Gasteiger partial charge in [-0.15, -0.1) is 11.8 Å². The largest absolute Gasteiger partial charge is 0.360 e. The highest BCUT2D eigenvalue weighted by Gasteiger charge is 2.33. The Labute approximate surface area is 129 Å². The molecule has 3 nitrogen and oxygen atoms in total. The number of piperidine rings is 3. The van der Waals surface area contributed by atoms with Gasteiger partial charge in [0.15, 0.2) is 0 Å². The van der Waals surface area contributed by atoms with Crippen LogP contribution in [0.5, 0.6) is 0 Å². The van der Waals surface area contributed by atoms with Gasteiger partial charge in [-0.3, -0.25) is 0 Å². The average molecular weight is 297 g/mol. The van der Waals surface area contributed by atoms with Gasteiger partial charge >= 0.3 is 0 Å². The van der Waals surface area contributed by atoms with Crippen LogP contribution in [0.15, 0.2) is 29.3 Å². The molecule has 2 aromatic rings. The number of hydrogen-bond acceptors (Lipinski definition) is 3. The van der Waals surface area contributed by atoms with E-state index in [2.05, 4.69) is 22.1 Å². The van der Waals surface area contributed by atoms with Crippen LogP contribution in [0.3, 0.4) is 0 Å². The molecule has 1 N–H and O–H groups in total. The molecule has 0 radical (unpaired) electrons. The van der Waals surface area contributed by atoms with E-state index < -0.39 is 0 Å². The Morgan fingerprint density at radius 1 is 1.33 bits per heavy atom. The lowest BCUT2D eigenvalue weighted by molar-refractivity contribution is 0.0626. The van der Waals surface area contributed by atoms with Gasteiger partial charge in [0.1, 0.15) is 0 Å². The van der Waals surface area contributed by atoms with Crippen LogP contribution in [0.4, 0.5) is 0 Å². The fraction of sp³-hybridized carbons (Fsp3) is 0.471. The van der Waals surface area contributed by atoms with Crippen LogP contribution < -0.4 is 0 Å². The van der Waals surface area contributed by atoms with E-state index in [4.69, 9.17) is 5.26 Å². The van der Waals surface area contributed by atoms with Crippen molar-refractivity contribution in [2.45, 2.75) is 17.7 Å². The van der Waals surface area contributed by atoms with Gasteiger partial charge in [-0.05, 0) is 56.0 Å². The number of thioether (sulfide) groups is 1. The molecule has 1 aromatic heterocycles. The summed E-state index contributed by atoms with van der Waals surface area (Å²) in [7, 11) is 0. The lowest BCUT2D eigenvalue weighted by Gasteiger charge is -2.44. The van der Waals surface area contributed by atoms with Crippen LogP contribution >= 0.6 is 11.8 Å². The van der Waals surface area contributed by atoms with Crippen LogP contribution in [0.25, 0.3) is 10.9 Å². The Morgan fingerprint density at radius 2 is 2.19 bits per heavy atom. The summed E-state index contributed by atoms with van der Waals surface area (Å²) in [5.74, 6) is 2.97. The molecule has 3 saturated heterocycles. The Balaban J connectivity index is 1.51. The molecule has 3 aliphatic heterocycles. The first kappa shape index (κ1) is 13.2. The maximum atomic E-state index is 9.06. The predicted molar refractivity (Wildman–Crippen MR) is 86.4 cm³/mol. The van der Waals surface area contributed by atoms with E-state index in [1.807, 2.05) is 30.0 Å². The van der Waals surface area contributed by atoms with Crippen molar-refractivity contribution in [3.63, 3.8) is 0 Å². The summed E-state index contributed by atoms with van der Waals surface area (Å²) in [6, 6.07) is 8.12. The third-order valence-electron chi connectivity index (χ3n) is 5.02. The van der Waals surface area contributed by atoms with Crippen LogP contribution in [0.1, 0.15) is 18.4 Å². The van der Waals surface area contributed by atoms with Crippen molar-refractivity contribution in [2.75, 3.05) is 25.4 Å². The molecule has 0 amide bonds. The van der Waals surface area contributed by atoms with Crippen molar-refractivity contribution in [3.05, 3.63) is 30.0 Å².